The number of nitrogens with one attached hydrogen (secondary N) is 2. The average Bonchev–Trinajstić information content (AvgIpc) is 2.41. The Labute approximate surface area is 116 Å². The molecule has 2 aromatic carbocycles. The molecule has 0 spiro atoms. The lowest BCUT2D eigenvalue weighted by Gasteiger charge is -2.29. The van der Waals surface area contributed by atoms with Crippen LogP contribution in [0.4, 0.5) is 11.4 Å². The molecule has 1 heterocycles. The van der Waals surface area contributed by atoms with Crippen molar-refractivity contribution in [1.29, 1.82) is 0 Å². The molecule has 3 rings (SSSR count). The van der Waals surface area contributed by atoms with Gasteiger partial charge in [0.25, 0.3) is 0 Å². The third-order valence-corrected chi connectivity index (χ3v) is 3.81. The smallest absolute Gasteiger partial charge is 0.0687 e. The number of hydrogen-bond donors (Lipinski definition) is 2. The highest BCUT2D eigenvalue weighted by molar-refractivity contribution is 6.42. The summed E-state index contributed by atoms with van der Waals surface area (Å²) in [7, 11) is 0. The predicted octanol–water partition coefficient (Wildman–Crippen LogP) is 4.57. The fourth-order valence-corrected chi connectivity index (χ4v) is 2.48. The zero-order valence-corrected chi connectivity index (χ0v) is 11.1. The highest BCUT2D eigenvalue weighted by atomic mass is 35.5. The molecule has 18 heavy (non-hydrogen) atoms. The SMILES string of the molecule is Clc1cc2c(cc1Cl)N[C@H](c1ccccc1)CN2. The normalized spacial score (nSPS) is 17.6. The summed E-state index contributed by atoms with van der Waals surface area (Å²) in [5, 5.41) is 7.99. The molecule has 1 aliphatic rings. The molecule has 0 aromatic heterocycles. The van der Waals surface area contributed by atoms with E-state index >= 15 is 0 Å². The summed E-state index contributed by atoms with van der Waals surface area (Å²) in [6.07, 6.45) is 0. The first-order valence-corrected chi connectivity index (χ1v) is 6.54. The first kappa shape index (κ1) is 11.7. The van der Waals surface area contributed by atoms with Crippen LogP contribution in [0, 0.1) is 0 Å². The third-order valence-electron chi connectivity index (χ3n) is 3.09. The van der Waals surface area contributed by atoms with Gasteiger partial charge in [-0.15, -0.1) is 0 Å². The lowest BCUT2D eigenvalue weighted by atomic mass is 10.0. The van der Waals surface area contributed by atoms with Gasteiger partial charge in [-0.1, -0.05) is 53.5 Å². The summed E-state index contributed by atoms with van der Waals surface area (Å²) in [5.41, 5.74) is 3.24. The quantitative estimate of drug-likeness (QED) is 0.798. The molecule has 0 aliphatic carbocycles. The minimum atomic E-state index is 0.246. The minimum absolute atomic E-state index is 0.246. The van der Waals surface area contributed by atoms with Crippen LogP contribution >= 0.6 is 23.2 Å². The van der Waals surface area contributed by atoms with Crippen LogP contribution in [0.25, 0.3) is 0 Å². The van der Waals surface area contributed by atoms with E-state index in [-0.39, 0.29) is 6.04 Å². The first-order valence-electron chi connectivity index (χ1n) is 5.78. The van der Waals surface area contributed by atoms with Crippen molar-refractivity contribution < 1.29 is 0 Å². The molecule has 0 saturated carbocycles. The molecule has 0 bridgehead atoms. The van der Waals surface area contributed by atoms with E-state index in [0.29, 0.717) is 10.0 Å². The second-order valence-electron chi connectivity index (χ2n) is 4.30. The van der Waals surface area contributed by atoms with Crippen LogP contribution in [0.1, 0.15) is 11.6 Å². The second-order valence-corrected chi connectivity index (χ2v) is 5.11. The Morgan fingerprint density at radius 3 is 2.33 bits per heavy atom. The molecule has 2 nitrogen and oxygen atoms in total. The number of fused-ring (bicyclic) bond motifs is 1. The molecule has 0 fully saturated rings. The molecule has 2 aromatic rings. The van der Waals surface area contributed by atoms with Gasteiger partial charge in [-0.2, -0.15) is 0 Å². The zero-order chi connectivity index (χ0) is 12.5. The molecule has 2 N–H and O–H groups in total. The van der Waals surface area contributed by atoms with Crippen molar-refractivity contribution in [2.45, 2.75) is 6.04 Å². The van der Waals surface area contributed by atoms with E-state index in [0.717, 1.165) is 17.9 Å². The fourth-order valence-electron chi connectivity index (χ4n) is 2.15. The van der Waals surface area contributed by atoms with Crippen molar-refractivity contribution >= 4 is 34.6 Å². The lowest BCUT2D eigenvalue weighted by Crippen LogP contribution is -2.25. The van der Waals surface area contributed by atoms with Crippen LogP contribution in [-0.2, 0) is 0 Å². The minimum Gasteiger partial charge on any atom is -0.381 e. The van der Waals surface area contributed by atoms with Crippen molar-refractivity contribution in [1.82, 2.24) is 0 Å². The van der Waals surface area contributed by atoms with E-state index in [9.17, 15) is 0 Å². The molecule has 1 atom stereocenters. The second kappa shape index (κ2) is 4.71. The van der Waals surface area contributed by atoms with Crippen LogP contribution in [-0.4, -0.2) is 6.54 Å². The van der Waals surface area contributed by atoms with E-state index < -0.39 is 0 Å². The summed E-state index contributed by atoms with van der Waals surface area (Å²) >= 11 is 12.0. The van der Waals surface area contributed by atoms with Gasteiger partial charge in [-0.3, -0.25) is 0 Å². The summed E-state index contributed by atoms with van der Waals surface area (Å²) in [6, 6.07) is 14.3. The maximum Gasteiger partial charge on any atom is 0.0687 e. The number of benzene rings is 2. The standard InChI is InChI=1S/C14H12Cl2N2/c15-10-6-12-13(7-11(10)16)18-14(8-17-12)9-4-2-1-3-5-9/h1-7,14,17-18H,8H2/t14-/m0/s1. The average molecular weight is 279 g/mol. The third kappa shape index (κ3) is 2.14. The Kier molecular flexibility index (Phi) is 3.06. The molecular weight excluding hydrogens is 267 g/mol. The number of hydrogen-bond acceptors (Lipinski definition) is 2. The molecule has 92 valence electrons. The van der Waals surface area contributed by atoms with Gasteiger partial charge in [0.2, 0.25) is 0 Å². The van der Waals surface area contributed by atoms with Crippen LogP contribution in [0.3, 0.4) is 0 Å². The van der Waals surface area contributed by atoms with Gasteiger partial charge in [0.15, 0.2) is 0 Å². The van der Waals surface area contributed by atoms with Crippen molar-refractivity contribution in [2.75, 3.05) is 17.2 Å². The van der Waals surface area contributed by atoms with Crippen molar-refractivity contribution in [2.24, 2.45) is 0 Å². The highest BCUT2D eigenvalue weighted by Gasteiger charge is 2.19. The van der Waals surface area contributed by atoms with Crippen LogP contribution in [0.5, 0.6) is 0 Å². The summed E-state index contributed by atoms with van der Waals surface area (Å²) in [5.74, 6) is 0. The Balaban J connectivity index is 1.92. The summed E-state index contributed by atoms with van der Waals surface area (Å²) < 4.78 is 0. The molecule has 0 radical (unpaired) electrons. The first-order chi connectivity index (χ1) is 8.74. The van der Waals surface area contributed by atoms with Crippen LogP contribution in [0.2, 0.25) is 10.0 Å². The van der Waals surface area contributed by atoms with Gasteiger partial charge in [-0.25, -0.2) is 0 Å². The molecule has 4 heteroatoms. The largest absolute Gasteiger partial charge is 0.381 e. The van der Waals surface area contributed by atoms with E-state index in [2.05, 4.69) is 22.8 Å². The van der Waals surface area contributed by atoms with Gasteiger partial charge < -0.3 is 10.6 Å². The lowest BCUT2D eigenvalue weighted by molar-refractivity contribution is 0.804. The van der Waals surface area contributed by atoms with Crippen LogP contribution < -0.4 is 10.6 Å². The van der Waals surface area contributed by atoms with Gasteiger partial charge in [0.1, 0.15) is 0 Å². The topological polar surface area (TPSA) is 24.1 Å². The zero-order valence-electron chi connectivity index (χ0n) is 9.58. The van der Waals surface area contributed by atoms with Crippen molar-refractivity contribution in [3.8, 4) is 0 Å². The van der Waals surface area contributed by atoms with Crippen LogP contribution in [0.15, 0.2) is 42.5 Å². The van der Waals surface area contributed by atoms with E-state index in [1.165, 1.54) is 5.56 Å². The Morgan fingerprint density at radius 2 is 1.61 bits per heavy atom. The highest BCUT2D eigenvalue weighted by Crippen LogP contribution is 2.37. The number of rotatable bonds is 1. The Morgan fingerprint density at radius 1 is 0.944 bits per heavy atom. The molecule has 0 amide bonds. The maximum atomic E-state index is 6.04. The molecule has 0 saturated heterocycles. The van der Waals surface area contributed by atoms with Gasteiger partial charge in [0, 0.05) is 6.54 Å². The van der Waals surface area contributed by atoms with Gasteiger partial charge in [0.05, 0.1) is 27.5 Å². The van der Waals surface area contributed by atoms with E-state index in [1.54, 1.807) is 0 Å². The molecule has 1 aliphatic heterocycles. The molecule has 0 unspecified atom stereocenters. The number of halogens is 2. The summed E-state index contributed by atoms with van der Waals surface area (Å²) in [4.78, 5) is 0. The van der Waals surface area contributed by atoms with Crippen molar-refractivity contribution in [3.63, 3.8) is 0 Å². The fraction of sp³-hybridized carbons (Fsp3) is 0.143. The van der Waals surface area contributed by atoms with Gasteiger partial charge in [-0.05, 0) is 17.7 Å². The predicted molar refractivity (Wildman–Crippen MR) is 77.8 cm³/mol. The Hall–Kier alpha value is -1.38. The molecular formula is C14H12Cl2N2. The van der Waals surface area contributed by atoms with E-state index in [1.807, 2.05) is 30.3 Å². The summed E-state index contributed by atoms with van der Waals surface area (Å²) in [6.45, 7) is 0.828. The number of anilines is 2. The van der Waals surface area contributed by atoms with Gasteiger partial charge >= 0.3 is 0 Å². The maximum absolute atomic E-state index is 6.04. The van der Waals surface area contributed by atoms with E-state index in [4.69, 9.17) is 23.2 Å². The Bertz CT molecular complexity index is 570. The monoisotopic (exact) mass is 278 g/mol. The van der Waals surface area contributed by atoms with Crippen molar-refractivity contribution in [3.05, 3.63) is 58.1 Å².